The molecule has 4 saturated carbocycles. The summed E-state index contributed by atoms with van der Waals surface area (Å²) in [6.45, 7) is 16.7. The molecule has 60 heavy (non-hydrogen) atoms. The van der Waals surface area contributed by atoms with Crippen molar-refractivity contribution >= 4 is 45.0 Å². The highest BCUT2D eigenvalue weighted by atomic mass is 32.2. The van der Waals surface area contributed by atoms with Gasteiger partial charge in [-0.2, -0.15) is 0 Å². The number of benzene rings is 1. The second-order valence-corrected chi connectivity index (χ2v) is 22.3. The van der Waals surface area contributed by atoms with Gasteiger partial charge < -0.3 is 19.9 Å². The minimum Gasteiger partial charge on any atom is -0.387 e. The number of Topliss-reactive ketones (excluding diaryl/α,β-unsaturated/α-hetero) is 2. The molecule has 2 spiro atoms. The summed E-state index contributed by atoms with van der Waals surface area (Å²) in [4.78, 5) is 76.1. The summed E-state index contributed by atoms with van der Waals surface area (Å²) in [5.41, 5.74) is -2.00. The molecule has 4 aliphatic carbocycles. The number of allylic oxidation sites excluding steroid dienone is 1. The highest BCUT2D eigenvalue weighted by molar-refractivity contribution is 7.90. The van der Waals surface area contributed by atoms with Gasteiger partial charge in [0, 0.05) is 63.2 Å². The van der Waals surface area contributed by atoms with Crippen LogP contribution in [0.3, 0.4) is 0 Å². The number of likely N-dealkylation sites (tertiary alicyclic amines) is 1. The van der Waals surface area contributed by atoms with Crippen LogP contribution in [-0.2, 0) is 38.7 Å². The van der Waals surface area contributed by atoms with E-state index in [0.717, 1.165) is 51.4 Å². The molecule has 7 rings (SSSR count). The molecular formula is C47H68N4O8S. The van der Waals surface area contributed by atoms with Gasteiger partial charge in [0.2, 0.25) is 17.7 Å². The van der Waals surface area contributed by atoms with E-state index in [-0.39, 0.29) is 76.1 Å². The molecule has 2 heterocycles. The fraction of sp³-hybridized carbons (Fsp3) is 0.723. The molecule has 1 aromatic rings. The quantitative estimate of drug-likeness (QED) is 0.187. The lowest BCUT2D eigenvalue weighted by atomic mass is 9.73. The first-order valence-electron chi connectivity index (χ1n) is 22.5. The molecule has 330 valence electrons. The highest BCUT2D eigenvalue weighted by Crippen LogP contribution is 2.88. The first-order chi connectivity index (χ1) is 28.3. The number of nitrogens with zero attached hydrogens (tertiary/aromatic N) is 2. The maximum Gasteiger partial charge on any atom is 0.266 e. The molecule has 0 unspecified atom stereocenters. The van der Waals surface area contributed by atoms with Crippen molar-refractivity contribution in [3.63, 3.8) is 0 Å². The molecule has 2 aliphatic heterocycles. The van der Waals surface area contributed by atoms with E-state index in [4.69, 9.17) is 4.74 Å². The summed E-state index contributed by atoms with van der Waals surface area (Å²) >= 11 is 0. The summed E-state index contributed by atoms with van der Waals surface area (Å²) in [5.74, 6) is -2.82. The number of fused-ring (bicyclic) bond motifs is 1. The molecule has 6 aliphatic rings. The van der Waals surface area contributed by atoms with Crippen molar-refractivity contribution in [2.45, 2.75) is 129 Å². The van der Waals surface area contributed by atoms with Crippen molar-refractivity contribution in [3.8, 4) is 0 Å². The molecule has 0 bridgehead atoms. The molecule has 1 aromatic carbocycles. The number of ether oxygens (including phenoxy) is 1. The van der Waals surface area contributed by atoms with Crippen molar-refractivity contribution in [2.75, 3.05) is 45.2 Å². The van der Waals surface area contributed by atoms with Crippen LogP contribution in [0.1, 0.15) is 118 Å². The SMILES string of the molecule is C=C[C@@H]1C[C@]1(CC(=O)[C@@H]1C[C@@]2(CN1C(=O)[C@@H](CC(=O)C[C@H](C(=O)N1CCOCC1)C1CCCCC1)C(C)(C)C)C(C)(C)C21CCC1)C(=O)NS(=O)(=O)c1ccccc1NC. The van der Waals surface area contributed by atoms with Gasteiger partial charge in [-0.15, -0.1) is 6.58 Å². The van der Waals surface area contributed by atoms with Crippen molar-refractivity contribution in [1.82, 2.24) is 14.5 Å². The van der Waals surface area contributed by atoms with Crippen LogP contribution >= 0.6 is 0 Å². The molecule has 6 atom stereocenters. The number of amides is 3. The monoisotopic (exact) mass is 848 g/mol. The smallest absolute Gasteiger partial charge is 0.266 e. The Morgan fingerprint density at radius 1 is 0.933 bits per heavy atom. The van der Waals surface area contributed by atoms with Crippen LogP contribution in [0.25, 0.3) is 0 Å². The van der Waals surface area contributed by atoms with E-state index in [1.54, 1.807) is 36.2 Å². The van der Waals surface area contributed by atoms with Crippen LogP contribution in [0.2, 0.25) is 0 Å². The summed E-state index contributed by atoms with van der Waals surface area (Å²) < 4.78 is 35.0. The van der Waals surface area contributed by atoms with Crippen LogP contribution in [0, 0.1) is 50.7 Å². The van der Waals surface area contributed by atoms with Crippen LogP contribution in [-0.4, -0.2) is 93.4 Å². The zero-order valence-electron chi connectivity index (χ0n) is 36.8. The van der Waals surface area contributed by atoms with E-state index >= 15 is 4.79 Å². The average Bonchev–Trinajstić information content (AvgIpc) is 3.93. The van der Waals surface area contributed by atoms with Crippen LogP contribution in [0.4, 0.5) is 5.69 Å². The van der Waals surface area contributed by atoms with Crippen LogP contribution in [0.5, 0.6) is 0 Å². The van der Waals surface area contributed by atoms with Gasteiger partial charge in [-0.05, 0) is 78.7 Å². The fourth-order valence-corrected chi connectivity index (χ4v) is 13.7. The Bertz CT molecular complexity index is 1990. The number of carbonyl (C=O) groups is 5. The number of hydrogen-bond donors (Lipinski definition) is 2. The molecule has 2 saturated heterocycles. The van der Waals surface area contributed by atoms with Gasteiger partial charge in [0.15, 0.2) is 5.78 Å². The number of carbonyl (C=O) groups excluding carboxylic acids is 5. The first-order valence-corrected chi connectivity index (χ1v) is 24.0. The zero-order chi connectivity index (χ0) is 43.5. The minimum atomic E-state index is -4.29. The highest BCUT2D eigenvalue weighted by Gasteiger charge is 2.85. The van der Waals surface area contributed by atoms with E-state index < -0.39 is 50.6 Å². The molecule has 2 N–H and O–H groups in total. The standard InChI is InChI=1S/C47H68N4O8S/c1-8-32-27-45(32,42(56)49-60(57,58)39-18-13-12-17-36(39)48-7)29-38(53)37-28-47(44(5,6)46(47)19-14-20-46)30-51(37)41(55)35(43(2,3)4)26-33(52)25-34(31-15-10-9-11-16-31)40(54)50-21-23-59-24-22-50/h8,12-13,17-18,31-32,34-35,37,48H,1,9-11,14-16,19-30H2,2-7H3,(H,49,56)/t32-,34+,35-,37+,45-,47-/m1/s1. The molecule has 3 amide bonds. The van der Waals surface area contributed by atoms with Gasteiger partial charge >= 0.3 is 0 Å². The predicted octanol–water partition coefficient (Wildman–Crippen LogP) is 6.55. The predicted molar refractivity (Wildman–Crippen MR) is 229 cm³/mol. The lowest BCUT2D eigenvalue weighted by molar-refractivity contribution is -0.147. The van der Waals surface area contributed by atoms with E-state index in [0.29, 0.717) is 45.0 Å². The second kappa shape index (κ2) is 16.3. The van der Waals surface area contributed by atoms with Gasteiger partial charge in [0.1, 0.15) is 10.7 Å². The van der Waals surface area contributed by atoms with E-state index in [2.05, 4.69) is 30.5 Å². The molecule has 6 fully saturated rings. The number of nitrogens with one attached hydrogen (secondary N) is 2. The Balaban J connectivity index is 1.14. The normalized spacial score (nSPS) is 29.3. The molecular weight excluding hydrogens is 781 g/mol. The second-order valence-electron chi connectivity index (χ2n) is 20.7. The third-order valence-electron chi connectivity index (χ3n) is 16.6. The Labute approximate surface area is 357 Å². The van der Waals surface area contributed by atoms with Gasteiger partial charge in [0.25, 0.3) is 10.0 Å². The number of hydrogen-bond acceptors (Lipinski definition) is 9. The Morgan fingerprint density at radius 2 is 1.60 bits per heavy atom. The lowest BCUT2D eigenvalue weighted by Gasteiger charge is -2.37. The van der Waals surface area contributed by atoms with Gasteiger partial charge in [0.05, 0.1) is 30.4 Å². The minimum absolute atomic E-state index is 0.0146. The summed E-state index contributed by atoms with van der Waals surface area (Å²) in [6, 6.07) is 5.47. The maximum absolute atomic E-state index is 15.2. The topological polar surface area (TPSA) is 159 Å². The van der Waals surface area contributed by atoms with Crippen molar-refractivity contribution in [2.24, 2.45) is 50.7 Å². The fourth-order valence-electron chi connectivity index (χ4n) is 12.4. The van der Waals surface area contributed by atoms with Gasteiger partial charge in [-0.1, -0.05) is 78.5 Å². The van der Waals surface area contributed by atoms with Crippen LogP contribution in [0.15, 0.2) is 41.8 Å². The number of sulfonamides is 1. The first kappa shape index (κ1) is 44.5. The zero-order valence-corrected chi connectivity index (χ0v) is 37.6. The maximum atomic E-state index is 15.2. The van der Waals surface area contributed by atoms with Crippen LogP contribution < -0.4 is 10.0 Å². The number of morpholine rings is 1. The molecule has 13 heteroatoms. The Hall–Kier alpha value is -3.58. The largest absolute Gasteiger partial charge is 0.387 e. The van der Waals surface area contributed by atoms with Crippen molar-refractivity contribution < 1.29 is 37.1 Å². The number of ketones is 2. The van der Waals surface area contributed by atoms with Gasteiger partial charge in [-0.3, -0.25) is 24.0 Å². The summed E-state index contributed by atoms with van der Waals surface area (Å²) in [5, 5.41) is 2.86. The van der Waals surface area contributed by atoms with Crippen molar-refractivity contribution in [3.05, 3.63) is 36.9 Å². The third kappa shape index (κ3) is 7.55. The molecule has 12 nitrogen and oxygen atoms in total. The number of para-hydroxylation sites is 1. The van der Waals surface area contributed by atoms with Gasteiger partial charge in [-0.25, -0.2) is 13.1 Å². The van der Waals surface area contributed by atoms with E-state index in [1.807, 2.05) is 25.7 Å². The Kier molecular flexibility index (Phi) is 12.1. The number of rotatable bonds is 15. The molecule has 0 radical (unpaired) electrons. The molecule has 0 aromatic heterocycles. The number of anilines is 1. The Morgan fingerprint density at radius 3 is 2.17 bits per heavy atom. The van der Waals surface area contributed by atoms with E-state index in [1.165, 1.54) is 6.07 Å². The summed E-state index contributed by atoms with van der Waals surface area (Å²) in [7, 11) is -2.69. The van der Waals surface area contributed by atoms with E-state index in [9.17, 15) is 27.6 Å². The summed E-state index contributed by atoms with van der Waals surface area (Å²) in [6.07, 6.45) is 10.3. The average molecular weight is 849 g/mol. The van der Waals surface area contributed by atoms with Crippen molar-refractivity contribution in [1.29, 1.82) is 0 Å². The lowest BCUT2D eigenvalue weighted by Crippen LogP contribution is -2.49. The third-order valence-corrected chi connectivity index (χ3v) is 18.0.